The monoisotopic (exact) mass is 345 g/mol. The van der Waals surface area contributed by atoms with Crippen LogP contribution < -0.4 is 5.32 Å². The first-order chi connectivity index (χ1) is 12.4. The molecule has 3 heterocycles. The van der Waals surface area contributed by atoms with E-state index in [0.29, 0.717) is 18.1 Å². The molecular weight excluding hydrogens is 314 g/mol. The Kier molecular flexibility index (Phi) is 5.60. The van der Waals surface area contributed by atoms with Crippen LogP contribution in [0, 0.1) is 5.92 Å². The molecule has 2 saturated heterocycles. The zero-order chi connectivity index (χ0) is 16.9. The van der Waals surface area contributed by atoms with E-state index in [4.69, 9.17) is 14.1 Å². The molecule has 3 fully saturated rings. The zero-order valence-electron chi connectivity index (χ0n) is 15.2. The van der Waals surface area contributed by atoms with Crippen LogP contribution in [-0.2, 0) is 11.2 Å². The van der Waals surface area contributed by atoms with Crippen LogP contribution in [0.3, 0.4) is 0 Å². The molecule has 0 radical (unpaired) electrons. The van der Waals surface area contributed by atoms with E-state index in [0.717, 1.165) is 50.8 Å². The Morgan fingerprint density at radius 2 is 2.12 bits per heavy atom. The second kappa shape index (κ2) is 8.26. The van der Waals surface area contributed by atoms with Crippen molar-refractivity contribution < 1.29 is 9.15 Å². The minimum absolute atomic E-state index is 0.473. The van der Waals surface area contributed by atoms with Crippen LogP contribution in [0.1, 0.15) is 50.7 Å². The minimum Gasteiger partial charge on any atom is -0.469 e. The summed E-state index contributed by atoms with van der Waals surface area (Å²) in [4.78, 5) is 7.44. The fourth-order valence-electron chi connectivity index (χ4n) is 4.50. The van der Waals surface area contributed by atoms with Gasteiger partial charge in [-0.2, -0.15) is 0 Å². The summed E-state index contributed by atoms with van der Waals surface area (Å²) in [6, 6.07) is 4.58. The van der Waals surface area contributed by atoms with Gasteiger partial charge in [-0.25, -0.2) is 0 Å². The number of nitrogens with zero attached hydrogens (tertiary/aromatic N) is 2. The highest BCUT2D eigenvalue weighted by molar-refractivity contribution is 5.80. The van der Waals surface area contributed by atoms with Gasteiger partial charge in [0, 0.05) is 44.6 Å². The molecule has 4 rings (SSSR count). The number of furan rings is 1. The van der Waals surface area contributed by atoms with Crippen LogP contribution in [0.25, 0.3) is 0 Å². The Hall–Kier alpha value is -1.49. The third kappa shape index (κ3) is 4.38. The molecule has 25 heavy (non-hydrogen) atoms. The molecule has 0 bridgehead atoms. The first kappa shape index (κ1) is 17.0. The fraction of sp³-hybridized carbons (Fsp3) is 0.750. The molecular formula is C20H31N3O2. The van der Waals surface area contributed by atoms with E-state index in [-0.39, 0.29) is 0 Å². The van der Waals surface area contributed by atoms with Crippen LogP contribution in [-0.4, -0.2) is 49.2 Å². The minimum atomic E-state index is 0.473. The molecule has 1 aromatic heterocycles. The van der Waals surface area contributed by atoms with Gasteiger partial charge in [0.15, 0.2) is 5.96 Å². The summed E-state index contributed by atoms with van der Waals surface area (Å²) < 4.78 is 11.4. The van der Waals surface area contributed by atoms with E-state index in [1.807, 2.05) is 12.1 Å². The zero-order valence-corrected chi connectivity index (χ0v) is 15.2. The van der Waals surface area contributed by atoms with Gasteiger partial charge in [-0.1, -0.05) is 12.8 Å². The molecule has 0 amide bonds. The predicted molar refractivity (Wildman–Crippen MR) is 98.8 cm³/mol. The van der Waals surface area contributed by atoms with Crippen molar-refractivity contribution in [2.24, 2.45) is 10.9 Å². The molecule has 1 aliphatic carbocycles. The number of rotatable bonds is 4. The molecule has 0 spiro atoms. The van der Waals surface area contributed by atoms with E-state index in [1.54, 1.807) is 6.26 Å². The Labute approximate surface area is 150 Å². The SMILES string of the molecule is c1coc(CCN=C(NC2CCCC2)N2CCC3OCCCC3C2)c1. The van der Waals surface area contributed by atoms with Crippen molar-refractivity contribution in [3.8, 4) is 0 Å². The third-order valence-corrected chi connectivity index (χ3v) is 5.90. The number of fused-ring (bicyclic) bond motifs is 1. The molecule has 2 unspecified atom stereocenters. The Bertz CT molecular complexity index is 551. The molecule has 2 atom stereocenters. The van der Waals surface area contributed by atoms with Gasteiger partial charge < -0.3 is 19.4 Å². The molecule has 138 valence electrons. The van der Waals surface area contributed by atoms with Crippen molar-refractivity contribution in [2.75, 3.05) is 26.2 Å². The Morgan fingerprint density at radius 1 is 1.20 bits per heavy atom. The maximum atomic E-state index is 5.97. The van der Waals surface area contributed by atoms with Gasteiger partial charge in [-0.05, 0) is 44.2 Å². The Balaban J connectivity index is 1.40. The average Bonchev–Trinajstić information content (AvgIpc) is 3.34. The average molecular weight is 345 g/mol. The lowest BCUT2D eigenvalue weighted by molar-refractivity contribution is -0.0560. The number of hydrogen-bond donors (Lipinski definition) is 1. The first-order valence-corrected chi connectivity index (χ1v) is 10.1. The lowest BCUT2D eigenvalue weighted by Gasteiger charge is -2.42. The van der Waals surface area contributed by atoms with Crippen molar-refractivity contribution in [3.05, 3.63) is 24.2 Å². The number of aliphatic imine (C=N–C) groups is 1. The van der Waals surface area contributed by atoms with Crippen molar-refractivity contribution in [2.45, 2.75) is 63.5 Å². The van der Waals surface area contributed by atoms with Crippen LogP contribution in [0.15, 0.2) is 27.8 Å². The lowest BCUT2D eigenvalue weighted by atomic mass is 9.88. The number of hydrogen-bond acceptors (Lipinski definition) is 3. The normalized spacial score (nSPS) is 28.2. The smallest absolute Gasteiger partial charge is 0.194 e. The van der Waals surface area contributed by atoms with E-state index in [9.17, 15) is 0 Å². The second-order valence-electron chi connectivity index (χ2n) is 7.71. The van der Waals surface area contributed by atoms with Gasteiger partial charge >= 0.3 is 0 Å². The molecule has 3 aliphatic rings. The topological polar surface area (TPSA) is 50.0 Å². The summed E-state index contributed by atoms with van der Waals surface area (Å²) in [6.07, 6.45) is 12.0. The van der Waals surface area contributed by atoms with Crippen molar-refractivity contribution in [1.29, 1.82) is 0 Å². The quantitative estimate of drug-likeness (QED) is 0.672. The molecule has 5 nitrogen and oxygen atoms in total. The molecule has 2 aliphatic heterocycles. The number of guanidine groups is 1. The maximum Gasteiger partial charge on any atom is 0.194 e. The van der Waals surface area contributed by atoms with Gasteiger partial charge in [-0.3, -0.25) is 4.99 Å². The molecule has 5 heteroatoms. The lowest BCUT2D eigenvalue weighted by Crippen LogP contribution is -2.53. The number of piperidine rings is 1. The van der Waals surface area contributed by atoms with Gasteiger partial charge in [0.1, 0.15) is 5.76 Å². The van der Waals surface area contributed by atoms with Crippen LogP contribution in [0.5, 0.6) is 0 Å². The molecule has 0 aromatic carbocycles. The maximum absolute atomic E-state index is 5.97. The summed E-state index contributed by atoms with van der Waals surface area (Å²) in [5.74, 6) is 2.80. The first-order valence-electron chi connectivity index (χ1n) is 10.1. The number of nitrogens with one attached hydrogen (secondary N) is 1. The van der Waals surface area contributed by atoms with Gasteiger partial charge in [-0.15, -0.1) is 0 Å². The van der Waals surface area contributed by atoms with Crippen LogP contribution in [0.4, 0.5) is 0 Å². The summed E-state index contributed by atoms with van der Waals surface area (Å²) in [5.41, 5.74) is 0. The summed E-state index contributed by atoms with van der Waals surface area (Å²) in [6.45, 7) is 3.87. The summed E-state index contributed by atoms with van der Waals surface area (Å²) in [5, 5.41) is 3.77. The number of likely N-dealkylation sites (tertiary alicyclic amines) is 1. The Morgan fingerprint density at radius 3 is 2.96 bits per heavy atom. The summed E-state index contributed by atoms with van der Waals surface area (Å²) >= 11 is 0. The van der Waals surface area contributed by atoms with Gasteiger partial charge in [0.2, 0.25) is 0 Å². The van der Waals surface area contributed by atoms with Gasteiger partial charge in [0.25, 0.3) is 0 Å². The highest BCUT2D eigenvalue weighted by atomic mass is 16.5. The highest BCUT2D eigenvalue weighted by Crippen LogP contribution is 2.28. The summed E-state index contributed by atoms with van der Waals surface area (Å²) in [7, 11) is 0. The highest BCUT2D eigenvalue weighted by Gasteiger charge is 2.33. The van der Waals surface area contributed by atoms with E-state index >= 15 is 0 Å². The predicted octanol–water partition coefficient (Wildman–Crippen LogP) is 3.21. The molecule has 1 saturated carbocycles. The van der Waals surface area contributed by atoms with E-state index in [2.05, 4.69) is 10.2 Å². The van der Waals surface area contributed by atoms with E-state index < -0.39 is 0 Å². The van der Waals surface area contributed by atoms with Gasteiger partial charge in [0.05, 0.1) is 12.4 Å². The van der Waals surface area contributed by atoms with Crippen molar-refractivity contribution in [3.63, 3.8) is 0 Å². The third-order valence-electron chi connectivity index (χ3n) is 5.90. The number of ether oxygens (including phenoxy) is 1. The largest absolute Gasteiger partial charge is 0.469 e. The van der Waals surface area contributed by atoms with Crippen LogP contribution in [0.2, 0.25) is 0 Å². The van der Waals surface area contributed by atoms with Crippen molar-refractivity contribution in [1.82, 2.24) is 10.2 Å². The standard InChI is InChI=1S/C20H31N3O2/c1-2-7-17(6-1)22-20(21-11-9-18-8-4-13-24-18)23-12-10-19-16(15-23)5-3-14-25-19/h4,8,13,16-17,19H,1-3,5-7,9-12,14-15H2,(H,21,22). The van der Waals surface area contributed by atoms with Crippen LogP contribution >= 0.6 is 0 Å². The fourth-order valence-corrected chi connectivity index (χ4v) is 4.50. The molecule has 1 aromatic rings. The van der Waals surface area contributed by atoms with E-state index in [1.165, 1.54) is 38.5 Å². The second-order valence-corrected chi connectivity index (χ2v) is 7.71. The van der Waals surface area contributed by atoms with Crippen molar-refractivity contribution >= 4 is 5.96 Å². The molecule has 1 N–H and O–H groups in total.